The monoisotopic (exact) mass is 424 g/mol. The Balaban J connectivity index is 2.06. The Labute approximate surface area is 137 Å². The van der Waals surface area contributed by atoms with Crippen LogP contribution in [0.5, 0.6) is 5.75 Å². The van der Waals surface area contributed by atoms with E-state index < -0.39 is 9.84 Å². The minimum atomic E-state index is -2.97. The average molecular weight is 426 g/mol. The molecule has 2 rings (SSSR count). The summed E-state index contributed by atoms with van der Waals surface area (Å²) in [7, 11) is -2.97. The van der Waals surface area contributed by atoms with Crippen molar-refractivity contribution in [1.29, 1.82) is 0 Å². The molecular formula is C14H18Br2O3S. The Bertz CT molecular complexity index is 572. The molecule has 0 saturated heterocycles. The van der Waals surface area contributed by atoms with Crippen molar-refractivity contribution in [3.8, 4) is 5.75 Å². The van der Waals surface area contributed by atoms with Crippen LogP contribution in [0.25, 0.3) is 0 Å². The average Bonchev–Trinajstić information content (AvgIpc) is 2.40. The molecule has 0 aromatic heterocycles. The SMILES string of the molecule is CS(=O)(=O)C1CCCC(Oc2ccc(CBr)cc2Br)C1. The molecule has 1 aliphatic carbocycles. The third-order valence-corrected chi connectivity index (χ3v) is 6.53. The molecule has 1 aromatic rings. The highest BCUT2D eigenvalue weighted by molar-refractivity contribution is 9.10. The van der Waals surface area contributed by atoms with E-state index in [9.17, 15) is 8.42 Å². The van der Waals surface area contributed by atoms with Crippen molar-refractivity contribution in [2.24, 2.45) is 0 Å². The maximum atomic E-state index is 11.7. The smallest absolute Gasteiger partial charge is 0.150 e. The van der Waals surface area contributed by atoms with Crippen LogP contribution < -0.4 is 4.74 Å². The zero-order chi connectivity index (χ0) is 14.8. The molecule has 0 aliphatic heterocycles. The van der Waals surface area contributed by atoms with Gasteiger partial charge in [-0.05, 0) is 52.9 Å². The highest BCUT2D eigenvalue weighted by Crippen LogP contribution is 2.32. The fraction of sp³-hybridized carbons (Fsp3) is 0.571. The van der Waals surface area contributed by atoms with E-state index in [1.165, 1.54) is 11.8 Å². The van der Waals surface area contributed by atoms with E-state index in [1.807, 2.05) is 18.2 Å². The highest BCUT2D eigenvalue weighted by Gasteiger charge is 2.30. The number of benzene rings is 1. The van der Waals surface area contributed by atoms with E-state index in [1.54, 1.807) is 0 Å². The second-order valence-corrected chi connectivity index (χ2v) is 9.00. The molecule has 0 heterocycles. The van der Waals surface area contributed by atoms with Gasteiger partial charge in [0, 0.05) is 18.0 Å². The standard InChI is InChI=1S/C14H18Br2O3S/c1-20(17,18)12-4-2-3-11(8-12)19-14-6-5-10(9-15)7-13(14)16/h5-7,11-12H,2-4,8-9H2,1H3. The van der Waals surface area contributed by atoms with Crippen LogP contribution in [0.15, 0.2) is 22.7 Å². The van der Waals surface area contributed by atoms with E-state index >= 15 is 0 Å². The maximum absolute atomic E-state index is 11.7. The van der Waals surface area contributed by atoms with Crippen molar-refractivity contribution in [3.05, 3.63) is 28.2 Å². The molecule has 2 unspecified atom stereocenters. The van der Waals surface area contributed by atoms with Gasteiger partial charge in [0.25, 0.3) is 0 Å². The molecule has 112 valence electrons. The Morgan fingerprint density at radius 1 is 1.35 bits per heavy atom. The molecule has 0 spiro atoms. The Kier molecular flexibility index (Phi) is 5.54. The molecule has 20 heavy (non-hydrogen) atoms. The zero-order valence-electron chi connectivity index (χ0n) is 11.3. The van der Waals surface area contributed by atoms with Crippen LogP contribution in [0.4, 0.5) is 0 Å². The molecule has 1 saturated carbocycles. The summed E-state index contributed by atoms with van der Waals surface area (Å²) in [6.07, 6.45) is 4.46. The molecule has 6 heteroatoms. The van der Waals surface area contributed by atoms with Gasteiger partial charge in [-0.2, -0.15) is 0 Å². The number of rotatable bonds is 4. The van der Waals surface area contributed by atoms with Crippen LogP contribution in [0.1, 0.15) is 31.2 Å². The normalized spacial score (nSPS) is 23.6. The number of sulfone groups is 1. The van der Waals surface area contributed by atoms with Crippen LogP contribution in [-0.2, 0) is 15.2 Å². The minimum absolute atomic E-state index is 0.0189. The molecule has 0 radical (unpaired) electrons. The lowest BCUT2D eigenvalue weighted by molar-refractivity contribution is 0.155. The first kappa shape index (κ1) is 16.3. The Hall–Kier alpha value is -0.0700. The van der Waals surface area contributed by atoms with Gasteiger partial charge < -0.3 is 4.74 Å². The summed E-state index contributed by atoms with van der Waals surface area (Å²) in [5, 5.41) is 0.535. The minimum Gasteiger partial charge on any atom is -0.489 e. The van der Waals surface area contributed by atoms with Gasteiger partial charge in [-0.15, -0.1) is 0 Å². The molecule has 2 atom stereocenters. The zero-order valence-corrected chi connectivity index (χ0v) is 15.3. The van der Waals surface area contributed by atoms with Gasteiger partial charge in [-0.1, -0.05) is 22.0 Å². The van der Waals surface area contributed by atoms with E-state index in [0.717, 1.165) is 34.8 Å². The first-order valence-electron chi connectivity index (χ1n) is 6.60. The maximum Gasteiger partial charge on any atom is 0.150 e. The van der Waals surface area contributed by atoms with E-state index in [0.29, 0.717) is 6.42 Å². The van der Waals surface area contributed by atoms with Crippen LogP contribution in [-0.4, -0.2) is 26.0 Å². The fourth-order valence-electron chi connectivity index (χ4n) is 2.50. The number of halogens is 2. The summed E-state index contributed by atoms with van der Waals surface area (Å²) < 4.78 is 30.2. The quantitative estimate of drug-likeness (QED) is 0.682. The molecule has 1 aromatic carbocycles. The molecule has 0 N–H and O–H groups in total. The lowest BCUT2D eigenvalue weighted by Gasteiger charge is -2.28. The number of hydrogen-bond acceptors (Lipinski definition) is 3. The van der Waals surface area contributed by atoms with Crippen molar-refractivity contribution >= 4 is 41.7 Å². The number of alkyl halides is 1. The van der Waals surface area contributed by atoms with Gasteiger partial charge in [0.05, 0.1) is 9.72 Å². The van der Waals surface area contributed by atoms with Gasteiger partial charge in [-0.25, -0.2) is 8.42 Å². The van der Waals surface area contributed by atoms with Crippen LogP contribution >= 0.6 is 31.9 Å². The van der Waals surface area contributed by atoms with Gasteiger partial charge in [0.2, 0.25) is 0 Å². The van der Waals surface area contributed by atoms with E-state index in [2.05, 4.69) is 31.9 Å². The van der Waals surface area contributed by atoms with Crippen molar-refractivity contribution in [2.45, 2.75) is 42.4 Å². The number of ether oxygens (including phenoxy) is 1. The summed E-state index contributed by atoms with van der Waals surface area (Å²) >= 11 is 6.92. The largest absolute Gasteiger partial charge is 0.489 e. The third-order valence-electron chi connectivity index (χ3n) is 3.63. The fourth-order valence-corrected chi connectivity index (χ4v) is 4.53. The first-order valence-corrected chi connectivity index (χ1v) is 10.5. The van der Waals surface area contributed by atoms with Crippen molar-refractivity contribution in [3.63, 3.8) is 0 Å². The highest BCUT2D eigenvalue weighted by atomic mass is 79.9. The van der Waals surface area contributed by atoms with E-state index in [4.69, 9.17) is 4.74 Å². The topological polar surface area (TPSA) is 43.4 Å². The summed E-state index contributed by atoms with van der Waals surface area (Å²) in [5.41, 5.74) is 1.17. The number of hydrogen-bond donors (Lipinski definition) is 0. The molecule has 1 fully saturated rings. The Morgan fingerprint density at radius 3 is 2.70 bits per heavy atom. The molecule has 0 amide bonds. The summed E-state index contributed by atoms with van der Waals surface area (Å²) in [6, 6.07) is 5.96. The molecular weight excluding hydrogens is 408 g/mol. The van der Waals surface area contributed by atoms with Gasteiger partial charge in [0.15, 0.2) is 0 Å². The van der Waals surface area contributed by atoms with Crippen molar-refractivity contribution in [1.82, 2.24) is 0 Å². The van der Waals surface area contributed by atoms with Crippen molar-refractivity contribution < 1.29 is 13.2 Å². The molecule has 3 nitrogen and oxygen atoms in total. The predicted molar refractivity (Wildman–Crippen MR) is 88.3 cm³/mol. The third kappa shape index (κ3) is 4.21. The lowest BCUT2D eigenvalue weighted by atomic mass is 9.97. The molecule has 1 aliphatic rings. The van der Waals surface area contributed by atoms with Crippen LogP contribution in [0, 0.1) is 0 Å². The second kappa shape index (κ2) is 6.79. The van der Waals surface area contributed by atoms with E-state index in [-0.39, 0.29) is 11.4 Å². The van der Waals surface area contributed by atoms with Gasteiger partial charge >= 0.3 is 0 Å². The molecule has 0 bridgehead atoms. The van der Waals surface area contributed by atoms with Gasteiger partial charge in [-0.3, -0.25) is 0 Å². The van der Waals surface area contributed by atoms with Crippen molar-refractivity contribution in [2.75, 3.05) is 6.26 Å². The first-order chi connectivity index (χ1) is 9.40. The summed E-state index contributed by atoms with van der Waals surface area (Å²) in [6.45, 7) is 0. The Morgan fingerprint density at radius 2 is 2.10 bits per heavy atom. The second-order valence-electron chi connectivity index (χ2n) is 5.26. The van der Waals surface area contributed by atoms with Gasteiger partial charge in [0.1, 0.15) is 21.7 Å². The summed E-state index contributed by atoms with van der Waals surface area (Å²) in [5.74, 6) is 0.786. The lowest BCUT2D eigenvalue weighted by Crippen LogP contribution is -2.33. The predicted octanol–water partition coefficient (Wildman–Crippen LogP) is 4.08. The summed E-state index contributed by atoms with van der Waals surface area (Å²) in [4.78, 5) is 0. The van der Waals surface area contributed by atoms with Crippen LogP contribution in [0.3, 0.4) is 0 Å². The van der Waals surface area contributed by atoms with Crippen LogP contribution in [0.2, 0.25) is 0 Å².